The highest BCUT2D eigenvalue weighted by atomic mass is 79.9. The Labute approximate surface area is 124 Å². The predicted octanol–water partition coefficient (Wildman–Crippen LogP) is 3.45. The Bertz CT molecular complexity index is 409. The minimum Gasteiger partial charge on any atom is -0.490 e. The molecule has 108 valence electrons. The van der Waals surface area contributed by atoms with E-state index in [4.69, 9.17) is 15.2 Å². The van der Waals surface area contributed by atoms with Crippen LogP contribution in [0.1, 0.15) is 31.4 Å². The van der Waals surface area contributed by atoms with Crippen molar-refractivity contribution in [3.63, 3.8) is 0 Å². The summed E-state index contributed by atoms with van der Waals surface area (Å²) in [5.41, 5.74) is 8.34. The van der Waals surface area contributed by atoms with Gasteiger partial charge in [-0.25, -0.2) is 0 Å². The van der Waals surface area contributed by atoms with Gasteiger partial charge in [-0.1, -0.05) is 22.9 Å². The van der Waals surface area contributed by atoms with Gasteiger partial charge < -0.3 is 15.2 Å². The van der Waals surface area contributed by atoms with Gasteiger partial charge in [0.1, 0.15) is 12.4 Å². The van der Waals surface area contributed by atoms with E-state index in [1.165, 1.54) is 0 Å². The average molecular weight is 330 g/mol. The Kier molecular flexibility index (Phi) is 6.83. The number of hydrogen-bond donors (Lipinski definition) is 1. The third-order valence-electron chi connectivity index (χ3n) is 3.19. The van der Waals surface area contributed by atoms with Gasteiger partial charge in [-0.3, -0.25) is 0 Å². The number of halogens is 1. The Morgan fingerprint density at radius 1 is 1.37 bits per heavy atom. The van der Waals surface area contributed by atoms with Crippen molar-refractivity contribution in [2.45, 2.75) is 45.8 Å². The van der Waals surface area contributed by atoms with Crippen LogP contribution in [0.25, 0.3) is 0 Å². The van der Waals surface area contributed by atoms with Gasteiger partial charge in [-0.05, 0) is 49.9 Å². The van der Waals surface area contributed by atoms with E-state index in [1.807, 2.05) is 6.92 Å². The first-order valence-corrected chi connectivity index (χ1v) is 7.47. The van der Waals surface area contributed by atoms with E-state index in [0.29, 0.717) is 6.61 Å². The molecule has 0 amide bonds. The van der Waals surface area contributed by atoms with E-state index in [0.717, 1.165) is 34.2 Å². The molecule has 0 aliphatic carbocycles. The normalized spacial score (nSPS) is 14.2. The zero-order valence-electron chi connectivity index (χ0n) is 12.2. The van der Waals surface area contributed by atoms with Crippen LogP contribution in [0.5, 0.6) is 5.75 Å². The predicted molar refractivity (Wildman–Crippen MR) is 82.8 cm³/mol. The van der Waals surface area contributed by atoms with Crippen molar-refractivity contribution in [3.8, 4) is 5.75 Å². The van der Waals surface area contributed by atoms with Crippen molar-refractivity contribution in [2.24, 2.45) is 5.73 Å². The standard InChI is InChI=1S/C15H24BrNO2/c1-5-14(17)8-12-7-13(16)6-10(2)15(12)19-9-11(3)18-4/h6-7,11,14H,5,8-9,17H2,1-4H3. The second kappa shape index (κ2) is 7.88. The first-order valence-electron chi connectivity index (χ1n) is 6.68. The fourth-order valence-electron chi connectivity index (χ4n) is 1.85. The summed E-state index contributed by atoms with van der Waals surface area (Å²) >= 11 is 3.53. The lowest BCUT2D eigenvalue weighted by molar-refractivity contribution is 0.0710. The molecule has 0 spiro atoms. The average Bonchev–Trinajstić information content (AvgIpc) is 2.36. The largest absolute Gasteiger partial charge is 0.490 e. The molecule has 0 aliphatic heterocycles. The number of ether oxygens (including phenoxy) is 2. The lowest BCUT2D eigenvalue weighted by Gasteiger charge is -2.19. The highest BCUT2D eigenvalue weighted by Gasteiger charge is 2.13. The molecule has 0 saturated heterocycles. The fourth-order valence-corrected chi connectivity index (χ4v) is 2.47. The minimum atomic E-state index is 0.0794. The highest BCUT2D eigenvalue weighted by Crippen LogP contribution is 2.29. The van der Waals surface area contributed by atoms with E-state index in [1.54, 1.807) is 7.11 Å². The molecule has 19 heavy (non-hydrogen) atoms. The maximum Gasteiger partial charge on any atom is 0.125 e. The van der Waals surface area contributed by atoms with Crippen LogP contribution in [0.3, 0.4) is 0 Å². The quantitative estimate of drug-likeness (QED) is 0.833. The zero-order valence-corrected chi connectivity index (χ0v) is 13.8. The van der Waals surface area contributed by atoms with Crippen molar-refractivity contribution < 1.29 is 9.47 Å². The lowest BCUT2D eigenvalue weighted by atomic mass is 10.0. The summed E-state index contributed by atoms with van der Waals surface area (Å²) in [7, 11) is 1.69. The lowest BCUT2D eigenvalue weighted by Crippen LogP contribution is -2.23. The van der Waals surface area contributed by atoms with Crippen molar-refractivity contribution in [2.75, 3.05) is 13.7 Å². The molecule has 2 atom stereocenters. The molecular weight excluding hydrogens is 306 g/mol. The summed E-state index contributed by atoms with van der Waals surface area (Å²) in [4.78, 5) is 0. The summed E-state index contributed by atoms with van der Waals surface area (Å²) in [6.45, 7) is 6.69. The summed E-state index contributed by atoms with van der Waals surface area (Å²) in [5, 5.41) is 0. The third-order valence-corrected chi connectivity index (χ3v) is 3.65. The van der Waals surface area contributed by atoms with Gasteiger partial charge in [0.15, 0.2) is 0 Å². The van der Waals surface area contributed by atoms with Crippen LogP contribution in [0.4, 0.5) is 0 Å². The smallest absolute Gasteiger partial charge is 0.125 e. The number of methoxy groups -OCH3 is 1. The van der Waals surface area contributed by atoms with E-state index >= 15 is 0 Å². The van der Waals surface area contributed by atoms with Crippen LogP contribution >= 0.6 is 15.9 Å². The Balaban J connectivity index is 2.92. The van der Waals surface area contributed by atoms with Gasteiger partial charge in [-0.15, -0.1) is 0 Å². The molecular formula is C15H24BrNO2. The van der Waals surface area contributed by atoms with Gasteiger partial charge in [0.2, 0.25) is 0 Å². The Hall–Kier alpha value is -0.580. The molecule has 2 unspecified atom stereocenters. The summed E-state index contributed by atoms with van der Waals surface area (Å²) in [5.74, 6) is 0.941. The SMILES string of the molecule is CCC(N)Cc1cc(Br)cc(C)c1OCC(C)OC. The van der Waals surface area contributed by atoms with Crippen LogP contribution < -0.4 is 10.5 Å². The van der Waals surface area contributed by atoms with Crippen LogP contribution in [0, 0.1) is 6.92 Å². The van der Waals surface area contributed by atoms with Crippen LogP contribution in [-0.4, -0.2) is 25.9 Å². The molecule has 1 aromatic carbocycles. The van der Waals surface area contributed by atoms with Crippen molar-refractivity contribution in [1.82, 2.24) is 0 Å². The first-order chi connectivity index (χ1) is 8.97. The van der Waals surface area contributed by atoms with E-state index in [9.17, 15) is 0 Å². The Morgan fingerprint density at radius 2 is 2.05 bits per heavy atom. The van der Waals surface area contributed by atoms with Gasteiger partial charge in [0, 0.05) is 17.6 Å². The van der Waals surface area contributed by atoms with Gasteiger partial charge in [-0.2, -0.15) is 0 Å². The van der Waals surface area contributed by atoms with Crippen molar-refractivity contribution in [1.29, 1.82) is 0 Å². The fraction of sp³-hybridized carbons (Fsp3) is 0.600. The highest BCUT2D eigenvalue weighted by molar-refractivity contribution is 9.10. The zero-order chi connectivity index (χ0) is 14.4. The molecule has 4 heteroatoms. The molecule has 0 fully saturated rings. The molecule has 1 aromatic rings. The van der Waals surface area contributed by atoms with Crippen LogP contribution in [0.15, 0.2) is 16.6 Å². The molecule has 1 rings (SSSR count). The summed E-state index contributed by atoms with van der Waals surface area (Å²) in [6, 6.07) is 4.32. The van der Waals surface area contributed by atoms with Crippen LogP contribution in [-0.2, 0) is 11.2 Å². The number of aryl methyl sites for hydroxylation is 1. The molecule has 0 heterocycles. The number of benzene rings is 1. The molecule has 2 N–H and O–H groups in total. The second-order valence-corrected chi connectivity index (χ2v) is 5.86. The number of hydrogen-bond acceptors (Lipinski definition) is 3. The van der Waals surface area contributed by atoms with Gasteiger partial charge >= 0.3 is 0 Å². The molecule has 0 aliphatic rings. The van der Waals surface area contributed by atoms with Crippen molar-refractivity contribution >= 4 is 15.9 Å². The maximum absolute atomic E-state index is 6.06. The van der Waals surface area contributed by atoms with E-state index in [-0.39, 0.29) is 12.1 Å². The monoisotopic (exact) mass is 329 g/mol. The topological polar surface area (TPSA) is 44.5 Å². The number of rotatable bonds is 7. The Morgan fingerprint density at radius 3 is 2.63 bits per heavy atom. The first kappa shape index (κ1) is 16.5. The van der Waals surface area contributed by atoms with Gasteiger partial charge in [0.05, 0.1) is 6.10 Å². The molecule has 0 radical (unpaired) electrons. The number of nitrogens with two attached hydrogens (primary N) is 1. The molecule has 0 saturated carbocycles. The van der Waals surface area contributed by atoms with Crippen molar-refractivity contribution in [3.05, 3.63) is 27.7 Å². The second-order valence-electron chi connectivity index (χ2n) is 4.94. The summed E-state index contributed by atoms with van der Waals surface area (Å²) in [6.07, 6.45) is 1.86. The molecule has 3 nitrogen and oxygen atoms in total. The molecule has 0 bridgehead atoms. The maximum atomic E-state index is 6.06. The van der Waals surface area contributed by atoms with Gasteiger partial charge in [0.25, 0.3) is 0 Å². The van der Waals surface area contributed by atoms with E-state index in [2.05, 4.69) is 41.9 Å². The van der Waals surface area contributed by atoms with Crippen LogP contribution in [0.2, 0.25) is 0 Å². The molecule has 0 aromatic heterocycles. The minimum absolute atomic E-state index is 0.0794. The summed E-state index contributed by atoms with van der Waals surface area (Å²) < 4.78 is 12.2. The van der Waals surface area contributed by atoms with E-state index < -0.39 is 0 Å². The third kappa shape index (κ3) is 5.13.